The van der Waals surface area contributed by atoms with Gasteiger partial charge in [0.05, 0.1) is 6.10 Å². The second-order valence-corrected chi connectivity index (χ2v) is 4.81. The van der Waals surface area contributed by atoms with Crippen LogP contribution in [0, 0.1) is 0 Å². The van der Waals surface area contributed by atoms with Crippen molar-refractivity contribution in [2.24, 2.45) is 5.73 Å². The molecule has 1 aromatic rings. The Morgan fingerprint density at radius 1 is 1.28 bits per heavy atom. The molecule has 0 saturated carbocycles. The summed E-state index contributed by atoms with van der Waals surface area (Å²) in [5.41, 5.74) is 5.57. The summed E-state index contributed by atoms with van der Waals surface area (Å²) in [4.78, 5) is 10.6. The molecule has 0 aliphatic heterocycles. The lowest BCUT2D eigenvalue weighted by molar-refractivity contribution is 0.232. The first-order chi connectivity index (χ1) is 8.54. The molecule has 0 saturated heterocycles. The zero-order chi connectivity index (χ0) is 13.5. The van der Waals surface area contributed by atoms with Crippen LogP contribution in [0.5, 0.6) is 5.88 Å². The Hall–Kier alpha value is -1.36. The van der Waals surface area contributed by atoms with Gasteiger partial charge in [-0.25, -0.2) is 9.97 Å². The highest BCUT2D eigenvalue weighted by molar-refractivity contribution is 5.41. The Balaban J connectivity index is 2.83. The van der Waals surface area contributed by atoms with E-state index in [1.807, 2.05) is 19.9 Å². The van der Waals surface area contributed by atoms with Crippen molar-refractivity contribution in [2.75, 3.05) is 18.0 Å². The summed E-state index contributed by atoms with van der Waals surface area (Å²) in [6, 6.07) is 2.26. The van der Waals surface area contributed by atoms with Crippen molar-refractivity contribution in [3.05, 3.63) is 12.4 Å². The lowest BCUT2D eigenvalue weighted by Crippen LogP contribution is -2.33. The Labute approximate surface area is 109 Å². The fourth-order valence-corrected chi connectivity index (χ4v) is 1.69. The topological polar surface area (TPSA) is 64.3 Å². The number of rotatable bonds is 7. The summed E-state index contributed by atoms with van der Waals surface area (Å²) in [5, 5.41) is 0. The van der Waals surface area contributed by atoms with Crippen LogP contribution in [0.4, 0.5) is 5.82 Å². The standard InChI is InChI=1S/C13H24N4O/c1-10(2)17(7-5-6-14)12-8-13(16-9-15-12)18-11(3)4/h8-11H,5-7,14H2,1-4H3. The highest BCUT2D eigenvalue weighted by Crippen LogP contribution is 2.19. The number of hydrogen-bond donors (Lipinski definition) is 1. The molecule has 0 aliphatic carbocycles. The van der Waals surface area contributed by atoms with E-state index in [9.17, 15) is 0 Å². The van der Waals surface area contributed by atoms with E-state index in [0.717, 1.165) is 18.8 Å². The summed E-state index contributed by atoms with van der Waals surface area (Å²) in [7, 11) is 0. The van der Waals surface area contributed by atoms with Crippen molar-refractivity contribution in [1.29, 1.82) is 0 Å². The third-order valence-corrected chi connectivity index (χ3v) is 2.50. The van der Waals surface area contributed by atoms with Crippen molar-refractivity contribution in [3.63, 3.8) is 0 Å². The average Bonchev–Trinajstić information content (AvgIpc) is 2.28. The van der Waals surface area contributed by atoms with Gasteiger partial charge in [-0.05, 0) is 40.7 Å². The van der Waals surface area contributed by atoms with Gasteiger partial charge in [0, 0.05) is 18.7 Å². The third-order valence-electron chi connectivity index (χ3n) is 2.50. The van der Waals surface area contributed by atoms with Crippen molar-refractivity contribution < 1.29 is 4.74 Å². The molecule has 0 radical (unpaired) electrons. The van der Waals surface area contributed by atoms with E-state index in [1.165, 1.54) is 0 Å². The van der Waals surface area contributed by atoms with Crippen molar-refractivity contribution in [1.82, 2.24) is 9.97 Å². The van der Waals surface area contributed by atoms with Gasteiger partial charge in [-0.1, -0.05) is 0 Å². The van der Waals surface area contributed by atoms with E-state index in [-0.39, 0.29) is 6.10 Å². The first-order valence-electron chi connectivity index (χ1n) is 6.50. The fraction of sp³-hybridized carbons (Fsp3) is 0.692. The van der Waals surface area contributed by atoms with Gasteiger partial charge >= 0.3 is 0 Å². The first kappa shape index (κ1) is 14.7. The predicted octanol–water partition coefficient (Wildman–Crippen LogP) is 1.83. The van der Waals surface area contributed by atoms with Crippen LogP contribution in [0.2, 0.25) is 0 Å². The van der Waals surface area contributed by atoms with Crippen molar-refractivity contribution in [3.8, 4) is 5.88 Å². The van der Waals surface area contributed by atoms with Crippen LogP contribution in [0.1, 0.15) is 34.1 Å². The summed E-state index contributed by atoms with van der Waals surface area (Å²) in [6.07, 6.45) is 2.61. The maximum atomic E-state index is 5.59. The Morgan fingerprint density at radius 3 is 2.56 bits per heavy atom. The SMILES string of the molecule is CC(C)Oc1cc(N(CCCN)C(C)C)ncn1. The monoisotopic (exact) mass is 252 g/mol. The number of nitrogens with two attached hydrogens (primary N) is 1. The minimum Gasteiger partial charge on any atom is -0.475 e. The molecule has 2 N–H and O–H groups in total. The van der Waals surface area contributed by atoms with E-state index in [0.29, 0.717) is 18.5 Å². The molecular formula is C13H24N4O. The molecule has 0 atom stereocenters. The van der Waals surface area contributed by atoms with Crippen LogP contribution in [0.3, 0.4) is 0 Å². The van der Waals surface area contributed by atoms with Crippen LogP contribution in [0.15, 0.2) is 12.4 Å². The van der Waals surface area contributed by atoms with Gasteiger partial charge in [-0.2, -0.15) is 0 Å². The van der Waals surface area contributed by atoms with E-state index < -0.39 is 0 Å². The maximum absolute atomic E-state index is 5.59. The predicted molar refractivity (Wildman–Crippen MR) is 73.9 cm³/mol. The molecular weight excluding hydrogens is 228 g/mol. The molecule has 0 spiro atoms. The molecule has 1 aromatic heterocycles. The second kappa shape index (κ2) is 7.16. The molecule has 1 rings (SSSR count). The van der Waals surface area contributed by atoms with Gasteiger partial charge in [0.2, 0.25) is 5.88 Å². The van der Waals surface area contributed by atoms with Gasteiger partial charge in [-0.15, -0.1) is 0 Å². The Morgan fingerprint density at radius 2 is 2.00 bits per heavy atom. The van der Waals surface area contributed by atoms with Gasteiger partial charge in [0.25, 0.3) is 0 Å². The molecule has 0 amide bonds. The first-order valence-corrected chi connectivity index (χ1v) is 6.50. The second-order valence-electron chi connectivity index (χ2n) is 4.81. The molecule has 5 nitrogen and oxygen atoms in total. The lowest BCUT2D eigenvalue weighted by atomic mass is 10.2. The van der Waals surface area contributed by atoms with E-state index >= 15 is 0 Å². The number of ether oxygens (including phenoxy) is 1. The zero-order valence-corrected chi connectivity index (χ0v) is 11.8. The van der Waals surface area contributed by atoms with Gasteiger partial charge in [-0.3, -0.25) is 0 Å². The Kier molecular flexibility index (Phi) is 5.85. The van der Waals surface area contributed by atoms with Gasteiger partial charge in [0.1, 0.15) is 12.1 Å². The smallest absolute Gasteiger partial charge is 0.218 e. The minimum absolute atomic E-state index is 0.115. The number of anilines is 1. The van der Waals surface area contributed by atoms with E-state index in [4.69, 9.17) is 10.5 Å². The molecule has 5 heteroatoms. The lowest BCUT2D eigenvalue weighted by Gasteiger charge is -2.27. The number of aromatic nitrogens is 2. The molecule has 0 bridgehead atoms. The molecule has 102 valence electrons. The summed E-state index contributed by atoms with van der Waals surface area (Å²) < 4.78 is 5.59. The summed E-state index contributed by atoms with van der Waals surface area (Å²) in [6.45, 7) is 9.83. The molecule has 0 aliphatic rings. The highest BCUT2D eigenvalue weighted by Gasteiger charge is 2.13. The quantitative estimate of drug-likeness (QED) is 0.802. The molecule has 1 heterocycles. The number of nitrogens with zero attached hydrogens (tertiary/aromatic N) is 3. The minimum atomic E-state index is 0.115. The van der Waals surface area contributed by atoms with Crippen LogP contribution in [0.25, 0.3) is 0 Å². The zero-order valence-electron chi connectivity index (χ0n) is 11.8. The van der Waals surface area contributed by atoms with E-state index in [2.05, 4.69) is 28.7 Å². The van der Waals surface area contributed by atoms with Crippen molar-refractivity contribution >= 4 is 5.82 Å². The van der Waals surface area contributed by atoms with Crippen LogP contribution >= 0.6 is 0 Å². The molecule has 18 heavy (non-hydrogen) atoms. The van der Waals surface area contributed by atoms with Crippen LogP contribution < -0.4 is 15.4 Å². The molecule has 0 fully saturated rings. The average molecular weight is 252 g/mol. The largest absolute Gasteiger partial charge is 0.475 e. The van der Waals surface area contributed by atoms with Gasteiger partial charge in [0.15, 0.2) is 0 Å². The van der Waals surface area contributed by atoms with E-state index in [1.54, 1.807) is 6.33 Å². The maximum Gasteiger partial charge on any atom is 0.218 e. The van der Waals surface area contributed by atoms with Crippen molar-refractivity contribution in [2.45, 2.75) is 46.3 Å². The van der Waals surface area contributed by atoms with Crippen LogP contribution in [-0.2, 0) is 0 Å². The highest BCUT2D eigenvalue weighted by atomic mass is 16.5. The van der Waals surface area contributed by atoms with Gasteiger partial charge < -0.3 is 15.4 Å². The number of hydrogen-bond acceptors (Lipinski definition) is 5. The Bertz CT molecular complexity index is 355. The molecule has 0 unspecified atom stereocenters. The van der Waals surface area contributed by atoms with Crippen LogP contribution in [-0.4, -0.2) is 35.2 Å². The molecule has 0 aromatic carbocycles. The normalized spacial score (nSPS) is 11.1. The fourth-order valence-electron chi connectivity index (χ4n) is 1.69. The summed E-state index contributed by atoms with van der Waals surface area (Å²) in [5.74, 6) is 1.51. The summed E-state index contributed by atoms with van der Waals surface area (Å²) >= 11 is 0. The third kappa shape index (κ3) is 4.49.